The van der Waals surface area contributed by atoms with E-state index in [1.807, 2.05) is 0 Å². The van der Waals surface area contributed by atoms with Crippen LogP contribution in [0.1, 0.15) is 39.5 Å². The molecule has 2 aliphatic rings. The molecule has 0 spiro atoms. The van der Waals surface area contributed by atoms with Crippen LogP contribution < -0.4 is 5.32 Å². The molecule has 2 fully saturated rings. The van der Waals surface area contributed by atoms with Crippen molar-refractivity contribution in [3.63, 3.8) is 0 Å². The molecule has 0 bridgehead atoms. The summed E-state index contributed by atoms with van der Waals surface area (Å²) in [7, 11) is 0. The first kappa shape index (κ1) is 16.2. The van der Waals surface area contributed by atoms with Crippen LogP contribution in [-0.2, 0) is 9.47 Å². The van der Waals surface area contributed by atoms with Crippen LogP contribution in [0.3, 0.4) is 0 Å². The first-order valence-corrected chi connectivity index (χ1v) is 8.50. The second kappa shape index (κ2) is 8.98. The topological polar surface area (TPSA) is 33.7 Å². The van der Waals surface area contributed by atoms with Crippen molar-refractivity contribution in [2.45, 2.75) is 51.7 Å². The third kappa shape index (κ3) is 4.69. The number of hydrogen-bond donors (Lipinski definition) is 1. The highest BCUT2D eigenvalue weighted by Crippen LogP contribution is 2.24. The highest BCUT2D eigenvalue weighted by atomic mass is 16.5. The SMILES string of the molecule is CCCNC(C1CCOCC1)C1CN(CCC)CCO1. The molecule has 2 unspecified atom stereocenters. The standard InChI is InChI=1S/C16H32N2O2/c1-3-7-17-16(14-5-10-19-11-6-14)15-13-18(8-4-2)9-12-20-15/h14-17H,3-13H2,1-2H3. The molecule has 2 aliphatic heterocycles. The zero-order valence-corrected chi connectivity index (χ0v) is 13.3. The molecule has 0 aliphatic carbocycles. The van der Waals surface area contributed by atoms with Crippen molar-refractivity contribution in [1.29, 1.82) is 0 Å². The van der Waals surface area contributed by atoms with Gasteiger partial charge in [-0.3, -0.25) is 4.90 Å². The quantitative estimate of drug-likeness (QED) is 0.774. The zero-order valence-electron chi connectivity index (χ0n) is 13.3. The summed E-state index contributed by atoms with van der Waals surface area (Å²) >= 11 is 0. The Kier molecular flexibility index (Phi) is 7.28. The second-order valence-corrected chi connectivity index (χ2v) is 6.14. The fraction of sp³-hybridized carbons (Fsp3) is 1.00. The average Bonchev–Trinajstić information content (AvgIpc) is 2.50. The highest BCUT2D eigenvalue weighted by molar-refractivity contribution is 4.89. The Morgan fingerprint density at radius 2 is 1.95 bits per heavy atom. The van der Waals surface area contributed by atoms with Crippen molar-refractivity contribution >= 4 is 0 Å². The van der Waals surface area contributed by atoms with Crippen molar-refractivity contribution < 1.29 is 9.47 Å². The monoisotopic (exact) mass is 284 g/mol. The Hall–Kier alpha value is -0.160. The lowest BCUT2D eigenvalue weighted by molar-refractivity contribution is -0.0670. The molecular weight excluding hydrogens is 252 g/mol. The number of morpholine rings is 1. The molecule has 2 heterocycles. The van der Waals surface area contributed by atoms with E-state index in [4.69, 9.17) is 9.47 Å². The predicted octanol–water partition coefficient (Wildman–Crippen LogP) is 1.89. The van der Waals surface area contributed by atoms with Gasteiger partial charge in [0, 0.05) is 32.3 Å². The maximum Gasteiger partial charge on any atom is 0.0857 e. The molecule has 1 N–H and O–H groups in total. The van der Waals surface area contributed by atoms with Gasteiger partial charge in [0.15, 0.2) is 0 Å². The van der Waals surface area contributed by atoms with Gasteiger partial charge >= 0.3 is 0 Å². The number of ether oxygens (including phenoxy) is 2. The van der Waals surface area contributed by atoms with Gasteiger partial charge < -0.3 is 14.8 Å². The molecule has 2 saturated heterocycles. The molecule has 20 heavy (non-hydrogen) atoms. The van der Waals surface area contributed by atoms with E-state index >= 15 is 0 Å². The summed E-state index contributed by atoms with van der Waals surface area (Å²) in [5.41, 5.74) is 0. The molecule has 2 atom stereocenters. The first-order valence-electron chi connectivity index (χ1n) is 8.50. The minimum Gasteiger partial charge on any atom is -0.381 e. The fourth-order valence-electron chi connectivity index (χ4n) is 3.46. The van der Waals surface area contributed by atoms with Gasteiger partial charge in [-0.2, -0.15) is 0 Å². The summed E-state index contributed by atoms with van der Waals surface area (Å²) < 4.78 is 11.6. The lowest BCUT2D eigenvalue weighted by Gasteiger charge is -2.41. The van der Waals surface area contributed by atoms with Crippen molar-refractivity contribution in [1.82, 2.24) is 10.2 Å². The van der Waals surface area contributed by atoms with Crippen molar-refractivity contribution in [3.05, 3.63) is 0 Å². The Bertz CT molecular complexity index is 255. The van der Waals surface area contributed by atoms with Gasteiger partial charge in [0.05, 0.1) is 12.7 Å². The minimum atomic E-state index is 0.352. The lowest BCUT2D eigenvalue weighted by atomic mass is 9.87. The van der Waals surface area contributed by atoms with Gasteiger partial charge in [-0.05, 0) is 44.7 Å². The van der Waals surface area contributed by atoms with Crippen LogP contribution in [0, 0.1) is 5.92 Å². The molecule has 118 valence electrons. The van der Waals surface area contributed by atoms with Gasteiger partial charge in [-0.15, -0.1) is 0 Å². The van der Waals surface area contributed by atoms with Gasteiger partial charge in [-0.25, -0.2) is 0 Å². The third-order valence-electron chi connectivity index (χ3n) is 4.52. The van der Waals surface area contributed by atoms with Crippen LogP contribution in [0.2, 0.25) is 0 Å². The molecular formula is C16H32N2O2. The first-order chi connectivity index (χ1) is 9.85. The smallest absolute Gasteiger partial charge is 0.0857 e. The van der Waals surface area contributed by atoms with Gasteiger partial charge in [0.1, 0.15) is 0 Å². The van der Waals surface area contributed by atoms with Crippen LogP contribution in [0.15, 0.2) is 0 Å². The van der Waals surface area contributed by atoms with Crippen LogP contribution in [0.25, 0.3) is 0 Å². The molecule has 0 saturated carbocycles. The molecule has 2 rings (SSSR count). The summed E-state index contributed by atoms with van der Waals surface area (Å²) in [4.78, 5) is 2.56. The van der Waals surface area contributed by atoms with Crippen molar-refractivity contribution in [3.8, 4) is 0 Å². The predicted molar refractivity (Wildman–Crippen MR) is 82.1 cm³/mol. The molecule has 4 heteroatoms. The summed E-state index contributed by atoms with van der Waals surface area (Å²) in [6.45, 7) is 11.7. The summed E-state index contributed by atoms with van der Waals surface area (Å²) in [6, 6.07) is 0.499. The van der Waals surface area contributed by atoms with Gasteiger partial charge in [0.2, 0.25) is 0 Å². The maximum absolute atomic E-state index is 6.12. The number of hydrogen-bond acceptors (Lipinski definition) is 4. The molecule has 4 nitrogen and oxygen atoms in total. The third-order valence-corrected chi connectivity index (χ3v) is 4.52. The average molecular weight is 284 g/mol. The highest BCUT2D eigenvalue weighted by Gasteiger charge is 2.33. The van der Waals surface area contributed by atoms with Crippen LogP contribution in [0.4, 0.5) is 0 Å². The fourth-order valence-corrected chi connectivity index (χ4v) is 3.46. The van der Waals surface area contributed by atoms with E-state index < -0.39 is 0 Å². The Morgan fingerprint density at radius 3 is 2.65 bits per heavy atom. The molecule has 0 radical (unpaired) electrons. The summed E-state index contributed by atoms with van der Waals surface area (Å²) in [5, 5.41) is 3.76. The van der Waals surface area contributed by atoms with E-state index in [1.165, 1.54) is 32.2 Å². The lowest BCUT2D eigenvalue weighted by Crippen LogP contribution is -2.56. The van der Waals surface area contributed by atoms with E-state index in [1.54, 1.807) is 0 Å². The second-order valence-electron chi connectivity index (χ2n) is 6.14. The van der Waals surface area contributed by atoms with E-state index in [0.29, 0.717) is 18.1 Å². The van der Waals surface area contributed by atoms with Gasteiger partial charge in [0.25, 0.3) is 0 Å². The van der Waals surface area contributed by atoms with Crippen LogP contribution in [0.5, 0.6) is 0 Å². The normalized spacial score (nSPS) is 27.6. The van der Waals surface area contributed by atoms with Crippen molar-refractivity contribution in [2.24, 2.45) is 5.92 Å². The van der Waals surface area contributed by atoms with Crippen molar-refractivity contribution in [2.75, 3.05) is 46.0 Å². The van der Waals surface area contributed by atoms with Crippen LogP contribution >= 0.6 is 0 Å². The number of nitrogens with zero attached hydrogens (tertiary/aromatic N) is 1. The summed E-state index contributed by atoms with van der Waals surface area (Å²) in [6.07, 6.45) is 5.12. The largest absolute Gasteiger partial charge is 0.381 e. The maximum atomic E-state index is 6.12. The Morgan fingerprint density at radius 1 is 1.15 bits per heavy atom. The molecule has 0 aromatic heterocycles. The zero-order chi connectivity index (χ0) is 14.2. The number of rotatable bonds is 7. The van der Waals surface area contributed by atoms with E-state index in [0.717, 1.165) is 39.5 Å². The molecule has 0 aromatic rings. The molecule has 0 aromatic carbocycles. The minimum absolute atomic E-state index is 0.352. The van der Waals surface area contributed by atoms with Crippen LogP contribution in [-0.4, -0.2) is 63.0 Å². The van der Waals surface area contributed by atoms with E-state index in [-0.39, 0.29) is 0 Å². The van der Waals surface area contributed by atoms with Gasteiger partial charge in [-0.1, -0.05) is 13.8 Å². The molecule has 0 amide bonds. The Balaban J connectivity index is 1.93. The van der Waals surface area contributed by atoms with E-state index in [2.05, 4.69) is 24.1 Å². The van der Waals surface area contributed by atoms with E-state index in [9.17, 15) is 0 Å². The Labute approximate surface area is 124 Å². The number of nitrogens with one attached hydrogen (secondary N) is 1. The summed E-state index contributed by atoms with van der Waals surface area (Å²) in [5.74, 6) is 0.710.